The average Bonchev–Trinajstić information content (AvgIpc) is 2.58. The van der Waals surface area contributed by atoms with Crippen molar-refractivity contribution >= 4 is 36.2 Å². The summed E-state index contributed by atoms with van der Waals surface area (Å²) in [6.07, 6.45) is -3.72. The molecule has 1 saturated heterocycles. The van der Waals surface area contributed by atoms with Crippen molar-refractivity contribution in [3.63, 3.8) is 0 Å². The number of carbonyl (C=O) groups excluding carboxylic acids is 2. The van der Waals surface area contributed by atoms with Crippen molar-refractivity contribution in [3.8, 4) is 0 Å². The van der Waals surface area contributed by atoms with Gasteiger partial charge in [-0.3, -0.25) is 9.59 Å². The van der Waals surface area contributed by atoms with E-state index in [2.05, 4.69) is 10.6 Å². The fourth-order valence-corrected chi connectivity index (χ4v) is 3.46. The fraction of sp³-hybridized carbons (Fsp3) is 0.556. The lowest BCUT2D eigenvalue weighted by molar-refractivity contribution is -0.137. The molecule has 12 heteroatoms. The highest BCUT2D eigenvalue weighted by atomic mass is 35.5. The Morgan fingerprint density at radius 2 is 2.00 bits per heavy atom. The molecule has 2 atom stereocenters. The average molecular weight is 450 g/mol. The van der Waals surface area contributed by atoms with Crippen molar-refractivity contribution in [1.82, 2.24) is 10.6 Å². The number of anilines is 1. The molecule has 0 spiro atoms. The first kappa shape index (κ1) is 24.3. The Bertz CT molecular complexity index is 780. The van der Waals surface area contributed by atoms with Gasteiger partial charge in [-0.25, -0.2) is 0 Å². The fourth-order valence-electron chi connectivity index (χ4n) is 3.17. The summed E-state index contributed by atoms with van der Waals surface area (Å²) in [6.45, 7) is 3.79. The van der Waals surface area contributed by atoms with E-state index in [0.29, 0.717) is 25.1 Å². The Hall–Kier alpha value is -1.98. The summed E-state index contributed by atoms with van der Waals surface area (Å²) in [5, 5.41) is 23.5. The maximum atomic E-state index is 12.8. The summed E-state index contributed by atoms with van der Waals surface area (Å²) in [4.78, 5) is 26.0. The van der Waals surface area contributed by atoms with E-state index in [0.717, 1.165) is 12.1 Å². The van der Waals surface area contributed by atoms with E-state index in [9.17, 15) is 32.8 Å². The summed E-state index contributed by atoms with van der Waals surface area (Å²) in [6, 6.07) is 2.27. The van der Waals surface area contributed by atoms with Gasteiger partial charge in [0, 0.05) is 6.54 Å². The van der Waals surface area contributed by atoms with E-state index in [-0.39, 0.29) is 17.5 Å². The van der Waals surface area contributed by atoms with Gasteiger partial charge in [0.2, 0.25) is 11.8 Å². The van der Waals surface area contributed by atoms with Crippen LogP contribution in [0.2, 0.25) is 5.02 Å². The van der Waals surface area contributed by atoms with Gasteiger partial charge < -0.3 is 25.6 Å². The number of nitrogens with zero attached hydrogens (tertiary/aromatic N) is 1. The van der Waals surface area contributed by atoms with Gasteiger partial charge in [-0.1, -0.05) is 25.4 Å². The van der Waals surface area contributed by atoms with Crippen LogP contribution < -0.4 is 15.5 Å². The molecule has 166 valence electrons. The number of nitrogens with one attached hydrogen (secondary N) is 2. The highest BCUT2D eigenvalue weighted by molar-refractivity contribution is 6.43. The van der Waals surface area contributed by atoms with E-state index in [4.69, 9.17) is 11.6 Å². The molecule has 7 nitrogen and oxygen atoms in total. The van der Waals surface area contributed by atoms with E-state index >= 15 is 0 Å². The quantitative estimate of drug-likeness (QED) is 0.452. The number of alkyl halides is 3. The van der Waals surface area contributed by atoms with Crippen LogP contribution in [0.3, 0.4) is 0 Å². The second-order valence-electron chi connectivity index (χ2n) is 7.60. The summed E-state index contributed by atoms with van der Waals surface area (Å²) in [5.41, 5.74) is -0.572. The van der Waals surface area contributed by atoms with Crippen LogP contribution in [0.4, 0.5) is 18.9 Å². The SMILES string of the molecule is CC(C)C[C@@H](NC(=O)CNC(=O)[C@@H]1CCN1c1ccc(C(F)(F)F)cc1Cl)B(O)O. The first-order valence-electron chi connectivity index (χ1n) is 9.46. The Balaban J connectivity index is 1.93. The van der Waals surface area contributed by atoms with E-state index < -0.39 is 42.7 Å². The van der Waals surface area contributed by atoms with Crippen LogP contribution in [0.5, 0.6) is 0 Å². The largest absolute Gasteiger partial charge is 0.475 e. The van der Waals surface area contributed by atoms with Crippen molar-refractivity contribution in [1.29, 1.82) is 0 Å². The maximum Gasteiger partial charge on any atom is 0.475 e. The van der Waals surface area contributed by atoms with Gasteiger partial charge in [-0.05, 0) is 37.0 Å². The number of hydrogen-bond acceptors (Lipinski definition) is 5. The maximum absolute atomic E-state index is 12.8. The number of halogens is 4. The van der Waals surface area contributed by atoms with Gasteiger partial charge in [-0.15, -0.1) is 0 Å². The molecule has 0 saturated carbocycles. The molecule has 0 aromatic heterocycles. The van der Waals surface area contributed by atoms with Crippen LogP contribution in [-0.4, -0.2) is 54.1 Å². The smallest absolute Gasteiger partial charge is 0.426 e. The Morgan fingerprint density at radius 1 is 1.33 bits per heavy atom. The van der Waals surface area contributed by atoms with E-state index in [1.807, 2.05) is 13.8 Å². The predicted octanol–water partition coefficient (Wildman–Crippen LogP) is 1.60. The minimum absolute atomic E-state index is 0.115. The topological polar surface area (TPSA) is 102 Å². The van der Waals surface area contributed by atoms with Crippen molar-refractivity contribution in [2.75, 3.05) is 18.0 Å². The summed E-state index contributed by atoms with van der Waals surface area (Å²) in [5.74, 6) is -1.80. The lowest BCUT2D eigenvalue weighted by Gasteiger charge is -2.42. The van der Waals surface area contributed by atoms with Gasteiger partial charge >= 0.3 is 13.3 Å². The number of benzene rings is 1. The normalized spacial score (nSPS) is 17.4. The highest BCUT2D eigenvalue weighted by Crippen LogP contribution is 2.37. The molecule has 1 aliphatic heterocycles. The van der Waals surface area contributed by atoms with Gasteiger partial charge in [-0.2, -0.15) is 13.2 Å². The predicted molar refractivity (Wildman–Crippen MR) is 107 cm³/mol. The van der Waals surface area contributed by atoms with E-state index in [1.165, 1.54) is 6.07 Å². The third kappa shape index (κ3) is 6.26. The molecular formula is C18H24BClF3N3O4. The third-order valence-electron chi connectivity index (χ3n) is 4.76. The van der Waals surface area contributed by atoms with Crippen molar-refractivity contribution in [2.45, 2.75) is 44.8 Å². The molecule has 2 amide bonds. The number of amides is 2. The molecule has 4 N–H and O–H groups in total. The number of hydrogen-bond donors (Lipinski definition) is 4. The summed E-state index contributed by atoms with van der Waals surface area (Å²) >= 11 is 5.98. The standard InChI is InChI=1S/C18H24BClF3N3O4/c1-10(2)7-15(19(29)30)25-16(27)9-24-17(28)14-5-6-26(14)13-4-3-11(8-12(13)20)18(21,22)23/h3-4,8,10,14-15,29-30H,5-7,9H2,1-2H3,(H,24,28)(H,25,27)/t14-,15+/m0/s1. The molecule has 0 bridgehead atoms. The van der Waals surface area contributed by atoms with Crippen LogP contribution in [0, 0.1) is 5.92 Å². The Labute approximate surface area is 177 Å². The molecule has 0 aliphatic carbocycles. The third-order valence-corrected chi connectivity index (χ3v) is 5.06. The van der Waals surface area contributed by atoms with Crippen LogP contribution in [0.25, 0.3) is 0 Å². The first-order chi connectivity index (χ1) is 13.9. The zero-order chi connectivity index (χ0) is 22.6. The molecule has 0 unspecified atom stereocenters. The van der Waals surface area contributed by atoms with Crippen LogP contribution in [0.15, 0.2) is 18.2 Å². The molecule has 1 aliphatic rings. The van der Waals surface area contributed by atoms with Crippen LogP contribution >= 0.6 is 11.6 Å². The van der Waals surface area contributed by atoms with Crippen LogP contribution in [0.1, 0.15) is 32.3 Å². The lowest BCUT2D eigenvalue weighted by atomic mass is 9.75. The number of rotatable bonds is 8. The van der Waals surface area contributed by atoms with Gasteiger partial charge in [0.05, 0.1) is 28.8 Å². The van der Waals surface area contributed by atoms with Gasteiger partial charge in [0.15, 0.2) is 0 Å². The Morgan fingerprint density at radius 3 is 2.47 bits per heavy atom. The molecule has 30 heavy (non-hydrogen) atoms. The molecule has 1 fully saturated rings. The highest BCUT2D eigenvalue weighted by Gasteiger charge is 2.37. The molecule has 2 rings (SSSR count). The molecular weight excluding hydrogens is 425 g/mol. The van der Waals surface area contributed by atoms with Crippen molar-refractivity contribution < 1.29 is 32.8 Å². The zero-order valence-electron chi connectivity index (χ0n) is 16.5. The van der Waals surface area contributed by atoms with E-state index in [1.54, 1.807) is 4.90 Å². The lowest BCUT2D eigenvalue weighted by Crippen LogP contribution is -2.58. The monoisotopic (exact) mass is 449 g/mol. The van der Waals surface area contributed by atoms with Crippen molar-refractivity contribution in [3.05, 3.63) is 28.8 Å². The molecule has 0 radical (unpaired) electrons. The minimum atomic E-state index is -4.52. The zero-order valence-corrected chi connectivity index (χ0v) is 17.3. The van der Waals surface area contributed by atoms with Crippen LogP contribution in [-0.2, 0) is 15.8 Å². The summed E-state index contributed by atoms with van der Waals surface area (Å²) in [7, 11) is -1.73. The van der Waals surface area contributed by atoms with Crippen molar-refractivity contribution in [2.24, 2.45) is 5.92 Å². The minimum Gasteiger partial charge on any atom is -0.426 e. The summed E-state index contributed by atoms with van der Waals surface area (Å²) < 4.78 is 38.3. The molecule has 1 heterocycles. The van der Waals surface area contributed by atoms with Gasteiger partial charge in [0.25, 0.3) is 0 Å². The second-order valence-corrected chi connectivity index (χ2v) is 8.00. The van der Waals surface area contributed by atoms with Gasteiger partial charge in [0.1, 0.15) is 6.04 Å². The Kier molecular flexibility index (Phi) is 8.01. The second kappa shape index (κ2) is 9.89. The first-order valence-corrected chi connectivity index (χ1v) is 9.84. The molecule has 1 aromatic carbocycles. The number of carbonyl (C=O) groups is 2. The molecule has 1 aromatic rings.